The quantitative estimate of drug-likeness (QED) is 0.605. The van der Waals surface area contributed by atoms with E-state index in [2.05, 4.69) is 16.7 Å². The lowest BCUT2D eigenvalue weighted by Gasteiger charge is -2.04. The van der Waals surface area contributed by atoms with Gasteiger partial charge in [0.1, 0.15) is 11.6 Å². The van der Waals surface area contributed by atoms with Crippen LogP contribution in [-0.2, 0) is 11.3 Å². The number of aryl methyl sites for hydroxylation is 1. The van der Waals surface area contributed by atoms with Crippen LogP contribution in [0.1, 0.15) is 24.5 Å². The average molecular weight is 257 g/mol. The van der Waals surface area contributed by atoms with Crippen LogP contribution in [0.2, 0.25) is 0 Å². The van der Waals surface area contributed by atoms with Crippen LogP contribution < -0.4 is 10.6 Å². The van der Waals surface area contributed by atoms with Crippen LogP contribution in [0.3, 0.4) is 0 Å². The van der Waals surface area contributed by atoms with E-state index < -0.39 is 0 Å². The van der Waals surface area contributed by atoms with E-state index in [0.29, 0.717) is 13.1 Å². The van der Waals surface area contributed by atoms with Crippen molar-refractivity contribution in [2.24, 2.45) is 0 Å². The van der Waals surface area contributed by atoms with E-state index >= 15 is 0 Å². The van der Waals surface area contributed by atoms with Crippen molar-refractivity contribution in [3.8, 4) is 6.07 Å². The molecule has 0 heterocycles. The third kappa shape index (κ3) is 5.26. The molecule has 0 unspecified atom stereocenters. The van der Waals surface area contributed by atoms with Crippen LogP contribution >= 0.6 is 0 Å². The van der Waals surface area contributed by atoms with Gasteiger partial charge in [0, 0.05) is 19.3 Å². The first-order valence-corrected chi connectivity index (χ1v) is 6.34. The van der Waals surface area contributed by atoms with Gasteiger partial charge in [-0.3, -0.25) is 4.79 Å². The van der Waals surface area contributed by atoms with E-state index in [9.17, 15) is 4.79 Å². The molecular weight excluding hydrogens is 238 g/mol. The van der Waals surface area contributed by atoms with Gasteiger partial charge in [-0.1, -0.05) is 36.8 Å². The van der Waals surface area contributed by atoms with Crippen molar-refractivity contribution < 1.29 is 4.79 Å². The molecule has 0 aromatic heterocycles. The van der Waals surface area contributed by atoms with Gasteiger partial charge in [-0.15, -0.1) is 0 Å². The standard InChI is InChI=1S/C15H19N3O/c1-3-7-18-15(19)14(9-16)11-17-10-13-6-4-5-12(2)8-13/h4-6,8,11,17H,3,7,10H2,1-2H3,(H,18,19)/b14-11-. The molecule has 1 rings (SSSR count). The minimum absolute atomic E-state index is 0.0982. The molecular formula is C15H19N3O. The van der Waals surface area contributed by atoms with Crippen LogP contribution in [-0.4, -0.2) is 12.5 Å². The van der Waals surface area contributed by atoms with Crippen molar-refractivity contribution in [2.45, 2.75) is 26.8 Å². The van der Waals surface area contributed by atoms with Crippen molar-refractivity contribution in [1.29, 1.82) is 5.26 Å². The number of nitriles is 1. The third-order valence-corrected chi connectivity index (χ3v) is 2.54. The van der Waals surface area contributed by atoms with Crippen molar-refractivity contribution in [3.63, 3.8) is 0 Å². The van der Waals surface area contributed by atoms with Crippen molar-refractivity contribution in [2.75, 3.05) is 6.54 Å². The Kier molecular flexibility index (Phi) is 6.17. The summed E-state index contributed by atoms with van der Waals surface area (Å²) in [5.74, 6) is -0.332. The van der Waals surface area contributed by atoms with E-state index in [-0.39, 0.29) is 11.5 Å². The van der Waals surface area contributed by atoms with Crippen molar-refractivity contribution >= 4 is 5.91 Å². The van der Waals surface area contributed by atoms with Gasteiger partial charge >= 0.3 is 0 Å². The van der Waals surface area contributed by atoms with Gasteiger partial charge in [-0.2, -0.15) is 5.26 Å². The summed E-state index contributed by atoms with van der Waals surface area (Å²) >= 11 is 0. The summed E-state index contributed by atoms with van der Waals surface area (Å²) in [4.78, 5) is 11.6. The highest BCUT2D eigenvalue weighted by molar-refractivity contribution is 5.97. The Bertz CT molecular complexity index is 500. The lowest BCUT2D eigenvalue weighted by atomic mass is 10.1. The first-order chi connectivity index (χ1) is 9.17. The van der Waals surface area contributed by atoms with E-state index in [4.69, 9.17) is 5.26 Å². The van der Waals surface area contributed by atoms with Gasteiger partial charge in [-0.05, 0) is 18.9 Å². The molecule has 4 heteroatoms. The Labute approximate surface area is 114 Å². The number of carbonyl (C=O) groups is 1. The maximum absolute atomic E-state index is 11.6. The van der Waals surface area contributed by atoms with Crippen LogP contribution in [0.5, 0.6) is 0 Å². The fraction of sp³-hybridized carbons (Fsp3) is 0.333. The smallest absolute Gasteiger partial charge is 0.263 e. The number of amides is 1. The number of nitrogens with one attached hydrogen (secondary N) is 2. The number of carbonyl (C=O) groups excluding carboxylic acids is 1. The largest absolute Gasteiger partial charge is 0.386 e. The van der Waals surface area contributed by atoms with Gasteiger partial charge in [0.25, 0.3) is 5.91 Å². The van der Waals surface area contributed by atoms with Gasteiger partial charge < -0.3 is 10.6 Å². The molecule has 4 nitrogen and oxygen atoms in total. The van der Waals surface area contributed by atoms with Crippen molar-refractivity contribution in [1.82, 2.24) is 10.6 Å². The summed E-state index contributed by atoms with van der Waals surface area (Å²) in [5, 5.41) is 14.6. The molecule has 0 atom stereocenters. The Morgan fingerprint density at radius 1 is 1.47 bits per heavy atom. The molecule has 1 amide bonds. The van der Waals surface area contributed by atoms with E-state index in [1.165, 1.54) is 11.8 Å². The van der Waals surface area contributed by atoms with Gasteiger partial charge in [0.05, 0.1) is 0 Å². The second-order valence-electron chi connectivity index (χ2n) is 4.30. The number of hydrogen-bond acceptors (Lipinski definition) is 3. The highest BCUT2D eigenvalue weighted by Crippen LogP contribution is 2.03. The molecule has 19 heavy (non-hydrogen) atoms. The number of nitrogens with zero attached hydrogens (tertiary/aromatic N) is 1. The molecule has 0 fully saturated rings. The third-order valence-electron chi connectivity index (χ3n) is 2.54. The summed E-state index contributed by atoms with van der Waals surface area (Å²) in [7, 11) is 0. The summed E-state index contributed by atoms with van der Waals surface area (Å²) < 4.78 is 0. The van der Waals surface area contributed by atoms with E-state index in [0.717, 1.165) is 12.0 Å². The summed E-state index contributed by atoms with van der Waals surface area (Å²) in [6.07, 6.45) is 2.31. The molecule has 0 saturated heterocycles. The maximum atomic E-state index is 11.6. The molecule has 0 bridgehead atoms. The molecule has 100 valence electrons. The maximum Gasteiger partial charge on any atom is 0.263 e. The van der Waals surface area contributed by atoms with Crippen LogP contribution in [0.4, 0.5) is 0 Å². The zero-order valence-electron chi connectivity index (χ0n) is 11.4. The van der Waals surface area contributed by atoms with Crippen LogP contribution in [0, 0.1) is 18.3 Å². The van der Waals surface area contributed by atoms with E-state index in [1.807, 2.05) is 38.1 Å². The summed E-state index contributed by atoms with van der Waals surface area (Å²) in [5.41, 5.74) is 2.40. The highest BCUT2D eigenvalue weighted by Gasteiger charge is 2.06. The molecule has 0 aliphatic heterocycles. The Morgan fingerprint density at radius 3 is 2.89 bits per heavy atom. The second-order valence-corrected chi connectivity index (χ2v) is 4.30. The molecule has 0 aliphatic rings. The average Bonchev–Trinajstić information content (AvgIpc) is 2.41. The zero-order chi connectivity index (χ0) is 14.1. The molecule has 0 radical (unpaired) electrons. The topological polar surface area (TPSA) is 64.9 Å². The fourth-order valence-corrected chi connectivity index (χ4v) is 1.58. The number of rotatable bonds is 6. The van der Waals surface area contributed by atoms with Gasteiger partial charge in [0.2, 0.25) is 0 Å². The first kappa shape index (κ1) is 14.8. The Hall–Kier alpha value is -2.28. The predicted molar refractivity (Wildman–Crippen MR) is 75.0 cm³/mol. The summed E-state index contributed by atoms with van der Waals surface area (Å²) in [6, 6.07) is 9.96. The summed E-state index contributed by atoms with van der Waals surface area (Å²) in [6.45, 7) is 5.16. The van der Waals surface area contributed by atoms with Crippen LogP contribution in [0.25, 0.3) is 0 Å². The van der Waals surface area contributed by atoms with Gasteiger partial charge in [0.15, 0.2) is 0 Å². The normalized spacial score (nSPS) is 10.7. The minimum Gasteiger partial charge on any atom is -0.386 e. The number of hydrogen-bond donors (Lipinski definition) is 2. The molecule has 0 spiro atoms. The molecule has 2 N–H and O–H groups in total. The fourth-order valence-electron chi connectivity index (χ4n) is 1.58. The monoisotopic (exact) mass is 257 g/mol. The lowest BCUT2D eigenvalue weighted by Crippen LogP contribution is -2.26. The first-order valence-electron chi connectivity index (χ1n) is 6.34. The zero-order valence-corrected chi connectivity index (χ0v) is 11.4. The van der Waals surface area contributed by atoms with E-state index in [1.54, 1.807) is 0 Å². The molecule has 1 aromatic rings. The highest BCUT2D eigenvalue weighted by atomic mass is 16.1. The van der Waals surface area contributed by atoms with Crippen LogP contribution in [0.15, 0.2) is 36.0 Å². The minimum atomic E-state index is -0.332. The van der Waals surface area contributed by atoms with Gasteiger partial charge in [-0.25, -0.2) is 0 Å². The molecule has 1 aromatic carbocycles. The lowest BCUT2D eigenvalue weighted by molar-refractivity contribution is -0.117. The van der Waals surface area contributed by atoms with Crippen molar-refractivity contribution in [3.05, 3.63) is 47.2 Å². The SMILES string of the molecule is CCCNC(=O)/C(C#N)=C\NCc1cccc(C)c1. The predicted octanol–water partition coefficient (Wildman–Crippen LogP) is 2.02. The molecule has 0 aliphatic carbocycles. The second kappa shape index (κ2) is 7.93. The Balaban J connectivity index is 2.54. The Morgan fingerprint density at radius 2 is 2.26 bits per heavy atom. The molecule has 0 saturated carbocycles. The number of benzene rings is 1.